The number of nitrogens with two attached hydrogens (primary N) is 1. The lowest BCUT2D eigenvalue weighted by atomic mass is 10.3. The molecule has 0 fully saturated rings. The van der Waals surface area contributed by atoms with Crippen LogP contribution in [0.25, 0.3) is 0 Å². The Morgan fingerprint density at radius 2 is 2.23 bits per heavy atom. The summed E-state index contributed by atoms with van der Waals surface area (Å²) in [4.78, 5) is 10.4. The predicted molar refractivity (Wildman–Crippen MR) is 56.0 cm³/mol. The Labute approximate surface area is 82.6 Å². The van der Waals surface area contributed by atoms with Gasteiger partial charge >= 0.3 is 0 Å². The van der Waals surface area contributed by atoms with Gasteiger partial charge < -0.3 is 10.6 Å². The molecule has 0 unspecified atom stereocenters. The van der Waals surface area contributed by atoms with Crippen LogP contribution in [0.1, 0.15) is 5.56 Å². The normalized spacial score (nSPS) is 10.2. The Balaban J connectivity index is 3.05. The molecule has 5 heteroatoms. The van der Waals surface area contributed by atoms with Gasteiger partial charge in [-0.25, -0.2) is 9.97 Å². The first-order chi connectivity index (χ1) is 6.19. The molecule has 1 rings (SSSR count). The number of hydrogen-bond acceptors (Lipinski definition) is 5. The van der Waals surface area contributed by atoms with Crippen molar-refractivity contribution in [2.24, 2.45) is 5.73 Å². The minimum absolute atomic E-state index is 0.490. The first-order valence-electron chi connectivity index (χ1n) is 3.96. The highest BCUT2D eigenvalue weighted by molar-refractivity contribution is 7.98. The highest BCUT2D eigenvalue weighted by Gasteiger charge is 2.05. The molecule has 0 aliphatic heterocycles. The summed E-state index contributed by atoms with van der Waals surface area (Å²) in [6, 6.07) is 0. The number of thioether (sulfide) groups is 1. The second kappa shape index (κ2) is 4.43. The molecule has 1 heterocycles. The third-order valence-electron chi connectivity index (χ3n) is 1.63. The second-order valence-electron chi connectivity index (χ2n) is 2.80. The smallest absolute Gasteiger partial charge is 0.225 e. The standard InChI is InChI=1S/C8H14N4S/c1-12(2)8-10-5-6(4-9)7(11-8)13-3/h5H,4,9H2,1-3H3. The summed E-state index contributed by atoms with van der Waals surface area (Å²) in [7, 11) is 3.84. The van der Waals surface area contributed by atoms with Gasteiger partial charge in [-0.15, -0.1) is 11.8 Å². The van der Waals surface area contributed by atoms with Crippen LogP contribution in [0.15, 0.2) is 11.2 Å². The highest BCUT2D eigenvalue weighted by Crippen LogP contribution is 2.18. The Morgan fingerprint density at radius 3 is 2.69 bits per heavy atom. The maximum atomic E-state index is 5.55. The lowest BCUT2D eigenvalue weighted by Crippen LogP contribution is -2.14. The van der Waals surface area contributed by atoms with E-state index in [1.54, 1.807) is 18.0 Å². The van der Waals surface area contributed by atoms with Crippen LogP contribution in [0.5, 0.6) is 0 Å². The van der Waals surface area contributed by atoms with E-state index in [1.165, 1.54) is 0 Å². The van der Waals surface area contributed by atoms with Crippen molar-refractivity contribution in [3.8, 4) is 0 Å². The van der Waals surface area contributed by atoms with Crippen molar-refractivity contribution >= 4 is 17.7 Å². The summed E-state index contributed by atoms with van der Waals surface area (Å²) < 4.78 is 0. The zero-order valence-electron chi connectivity index (χ0n) is 8.11. The SMILES string of the molecule is CSc1nc(N(C)C)ncc1CN. The molecule has 0 aromatic carbocycles. The van der Waals surface area contributed by atoms with Crippen molar-refractivity contribution in [3.63, 3.8) is 0 Å². The number of rotatable bonds is 3. The fraction of sp³-hybridized carbons (Fsp3) is 0.500. The van der Waals surface area contributed by atoms with E-state index in [1.807, 2.05) is 25.3 Å². The van der Waals surface area contributed by atoms with Gasteiger partial charge in [0, 0.05) is 32.4 Å². The number of aromatic nitrogens is 2. The van der Waals surface area contributed by atoms with E-state index >= 15 is 0 Å². The molecular weight excluding hydrogens is 184 g/mol. The largest absolute Gasteiger partial charge is 0.347 e. The predicted octanol–water partition coefficient (Wildman–Crippen LogP) is 0.723. The maximum Gasteiger partial charge on any atom is 0.225 e. The van der Waals surface area contributed by atoms with E-state index in [9.17, 15) is 0 Å². The van der Waals surface area contributed by atoms with Crippen molar-refractivity contribution in [2.45, 2.75) is 11.6 Å². The fourth-order valence-corrected chi connectivity index (χ4v) is 1.49. The zero-order valence-corrected chi connectivity index (χ0v) is 8.93. The van der Waals surface area contributed by atoms with Gasteiger partial charge in [-0.1, -0.05) is 0 Å². The summed E-state index contributed by atoms with van der Waals surface area (Å²) in [6.07, 6.45) is 3.77. The van der Waals surface area contributed by atoms with E-state index in [0.717, 1.165) is 16.5 Å². The number of nitrogens with zero attached hydrogens (tertiary/aromatic N) is 3. The van der Waals surface area contributed by atoms with E-state index in [-0.39, 0.29) is 0 Å². The third kappa shape index (κ3) is 2.32. The van der Waals surface area contributed by atoms with Crippen molar-refractivity contribution in [3.05, 3.63) is 11.8 Å². The average molecular weight is 198 g/mol. The average Bonchev–Trinajstić information content (AvgIpc) is 2.16. The lowest BCUT2D eigenvalue weighted by Gasteiger charge is -2.11. The molecule has 1 aromatic heterocycles. The Kier molecular flexibility index (Phi) is 3.50. The lowest BCUT2D eigenvalue weighted by molar-refractivity contribution is 0.889. The molecule has 2 N–H and O–H groups in total. The Bertz CT molecular complexity index is 287. The van der Waals surface area contributed by atoms with Crippen molar-refractivity contribution < 1.29 is 0 Å². The molecule has 0 atom stereocenters. The zero-order chi connectivity index (χ0) is 9.84. The van der Waals surface area contributed by atoms with Crippen molar-refractivity contribution in [1.82, 2.24) is 9.97 Å². The summed E-state index contributed by atoms with van der Waals surface area (Å²) in [5.74, 6) is 0.724. The quantitative estimate of drug-likeness (QED) is 0.573. The van der Waals surface area contributed by atoms with Crippen LogP contribution in [-0.2, 0) is 6.54 Å². The number of hydrogen-bond donors (Lipinski definition) is 1. The first kappa shape index (κ1) is 10.3. The molecule has 0 amide bonds. The van der Waals surface area contributed by atoms with Gasteiger partial charge in [0.15, 0.2) is 0 Å². The number of anilines is 1. The topological polar surface area (TPSA) is 55.0 Å². The molecular formula is C8H14N4S. The van der Waals surface area contributed by atoms with E-state index in [2.05, 4.69) is 9.97 Å². The molecule has 1 aromatic rings. The molecule has 0 aliphatic carbocycles. The van der Waals surface area contributed by atoms with E-state index < -0.39 is 0 Å². The van der Waals surface area contributed by atoms with Gasteiger partial charge in [0.05, 0.1) is 0 Å². The monoisotopic (exact) mass is 198 g/mol. The van der Waals surface area contributed by atoms with Gasteiger partial charge in [0.25, 0.3) is 0 Å². The van der Waals surface area contributed by atoms with Gasteiger partial charge in [-0.2, -0.15) is 0 Å². The van der Waals surface area contributed by atoms with E-state index in [4.69, 9.17) is 5.73 Å². The maximum absolute atomic E-state index is 5.55. The minimum atomic E-state index is 0.490. The van der Waals surface area contributed by atoms with Crippen LogP contribution >= 0.6 is 11.8 Å². The molecule has 0 bridgehead atoms. The molecule has 0 saturated carbocycles. The Morgan fingerprint density at radius 1 is 1.54 bits per heavy atom. The third-order valence-corrected chi connectivity index (χ3v) is 2.37. The van der Waals surface area contributed by atoms with Gasteiger partial charge in [-0.3, -0.25) is 0 Å². The van der Waals surface area contributed by atoms with Gasteiger partial charge in [0.1, 0.15) is 5.03 Å². The van der Waals surface area contributed by atoms with Crippen LogP contribution in [0.2, 0.25) is 0 Å². The highest BCUT2D eigenvalue weighted by atomic mass is 32.2. The van der Waals surface area contributed by atoms with Crippen LogP contribution in [0, 0.1) is 0 Å². The van der Waals surface area contributed by atoms with Crippen LogP contribution in [0.4, 0.5) is 5.95 Å². The van der Waals surface area contributed by atoms with Crippen LogP contribution < -0.4 is 10.6 Å². The summed E-state index contributed by atoms with van der Waals surface area (Å²) >= 11 is 1.59. The van der Waals surface area contributed by atoms with E-state index in [0.29, 0.717) is 6.54 Å². The summed E-state index contributed by atoms with van der Waals surface area (Å²) in [5, 5.41) is 0.959. The first-order valence-corrected chi connectivity index (χ1v) is 5.18. The minimum Gasteiger partial charge on any atom is -0.347 e. The van der Waals surface area contributed by atoms with Crippen LogP contribution in [-0.4, -0.2) is 30.3 Å². The molecule has 0 spiro atoms. The molecule has 72 valence electrons. The fourth-order valence-electron chi connectivity index (χ4n) is 0.915. The van der Waals surface area contributed by atoms with Crippen LogP contribution in [0.3, 0.4) is 0 Å². The van der Waals surface area contributed by atoms with Gasteiger partial charge in [0.2, 0.25) is 5.95 Å². The molecule has 13 heavy (non-hydrogen) atoms. The molecule has 0 saturated heterocycles. The summed E-state index contributed by atoms with van der Waals surface area (Å²) in [5.41, 5.74) is 6.54. The molecule has 0 radical (unpaired) electrons. The van der Waals surface area contributed by atoms with Crippen molar-refractivity contribution in [1.29, 1.82) is 0 Å². The molecule has 4 nitrogen and oxygen atoms in total. The Hall–Kier alpha value is -0.810. The second-order valence-corrected chi connectivity index (χ2v) is 3.60. The summed E-state index contributed by atoms with van der Waals surface area (Å²) in [6.45, 7) is 0.490. The van der Waals surface area contributed by atoms with Crippen molar-refractivity contribution in [2.75, 3.05) is 25.3 Å². The molecule has 0 aliphatic rings. The van der Waals surface area contributed by atoms with Gasteiger partial charge in [-0.05, 0) is 6.26 Å².